The maximum atomic E-state index is 12.4. The van der Waals surface area contributed by atoms with Crippen molar-refractivity contribution in [3.63, 3.8) is 0 Å². The van der Waals surface area contributed by atoms with Crippen LogP contribution in [0.5, 0.6) is 0 Å². The van der Waals surface area contributed by atoms with Gasteiger partial charge in [-0.3, -0.25) is 19.7 Å². The number of rotatable bonds is 3. The van der Waals surface area contributed by atoms with E-state index in [9.17, 15) is 19.7 Å². The molecule has 1 amide bonds. The molecule has 0 aromatic heterocycles. The Kier molecular flexibility index (Phi) is 4.56. The van der Waals surface area contributed by atoms with Gasteiger partial charge in [0, 0.05) is 29.7 Å². The summed E-state index contributed by atoms with van der Waals surface area (Å²) < 4.78 is 0.454. The van der Waals surface area contributed by atoms with Crippen molar-refractivity contribution in [2.24, 2.45) is 5.92 Å². The number of carbonyl (C=O) groups is 2. The molecule has 0 saturated carbocycles. The molecule has 1 atom stereocenters. The highest BCUT2D eigenvalue weighted by Gasteiger charge is 2.30. The molecule has 1 aliphatic heterocycles. The molecule has 112 valence electrons. The Morgan fingerprint density at radius 1 is 1.43 bits per heavy atom. The summed E-state index contributed by atoms with van der Waals surface area (Å²) in [4.78, 5) is 35.1. The molecule has 1 saturated heterocycles. The second-order valence-electron chi connectivity index (χ2n) is 4.85. The largest absolute Gasteiger partial charge is 0.481 e. The minimum atomic E-state index is -0.925. The molecule has 21 heavy (non-hydrogen) atoms. The molecule has 1 aromatic carbocycles. The minimum Gasteiger partial charge on any atom is -0.481 e. The highest BCUT2D eigenvalue weighted by Crippen LogP contribution is 2.26. The van der Waals surface area contributed by atoms with Crippen LogP contribution in [-0.4, -0.2) is 39.9 Å². The first-order chi connectivity index (χ1) is 9.90. The van der Waals surface area contributed by atoms with E-state index in [2.05, 4.69) is 15.9 Å². The standard InChI is InChI=1S/C13H13BrN2O5/c14-11-4-3-9(16(20)21)6-10(11)12(17)15-5-1-2-8(7-15)13(18)19/h3-4,6,8H,1-2,5,7H2,(H,18,19). The first kappa shape index (κ1) is 15.4. The van der Waals surface area contributed by atoms with Crippen molar-refractivity contribution in [2.75, 3.05) is 13.1 Å². The number of benzene rings is 1. The molecule has 7 nitrogen and oxygen atoms in total. The molecule has 0 aliphatic carbocycles. The van der Waals surface area contributed by atoms with E-state index in [1.165, 1.54) is 23.1 Å². The van der Waals surface area contributed by atoms with Gasteiger partial charge in [-0.05, 0) is 34.8 Å². The maximum Gasteiger partial charge on any atom is 0.308 e. The average molecular weight is 357 g/mol. The third kappa shape index (κ3) is 3.38. The number of piperidine rings is 1. The van der Waals surface area contributed by atoms with Crippen molar-refractivity contribution in [1.29, 1.82) is 0 Å². The third-order valence-electron chi connectivity index (χ3n) is 3.45. The lowest BCUT2D eigenvalue weighted by molar-refractivity contribution is -0.384. The van der Waals surface area contributed by atoms with Gasteiger partial charge in [-0.15, -0.1) is 0 Å². The number of halogens is 1. The van der Waals surface area contributed by atoms with Gasteiger partial charge in [-0.25, -0.2) is 0 Å². The van der Waals surface area contributed by atoms with Crippen molar-refractivity contribution >= 4 is 33.5 Å². The first-order valence-corrected chi connectivity index (χ1v) is 7.15. The zero-order valence-corrected chi connectivity index (χ0v) is 12.6. The van der Waals surface area contributed by atoms with Gasteiger partial charge in [0.25, 0.3) is 11.6 Å². The Hall–Kier alpha value is -1.96. The number of carbonyl (C=O) groups excluding carboxylic acids is 1. The summed E-state index contributed by atoms with van der Waals surface area (Å²) in [5, 5.41) is 19.8. The predicted molar refractivity (Wildman–Crippen MR) is 77.1 cm³/mol. The molecule has 1 fully saturated rings. The van der Waals surface area contributed by atoms with Gasteiger partial charge in [-0.2, -0.15) is 0 Å². The third-order valence-corrected chi connectivity index (χ3v) is 4.14. The van der Waals surface area contributed by atoms with Crippen molar-refractivity contribution in [2.45, 2.75) is 12.8 Å². The predicted octanol–water partition coefficient (Wildman–Crippen LogP) is 2.29. The number of likely N-dealkylation sites (tertiary alicyclic amines) is 1. The van der Waals surface area contributed by atoms with Crippen LogP contribution in [-0.2, 0) is 4.79 Å². The number of nitro groups is 1. The summed E-state index contributed by atoms with van der Waals surface area (Å²) in [6.45, 7) is 0.584. The van der Waals surface area contributed by atoms with E-state index in [-0.39, 0.29) is 17.8 Å². The fourth-order valence-corrected chi connectivity index (χ4v) is 2.74. The Balaban J connectivity index is 2.25. The molecular weight excluding hydrogens is 344 g/mol. The van der Waals surface area contributed by atoms with E-state index in [0.717, 1.165) is 0 Å². The molecule has 1 aromatic rings. The highest BCUT2D eigenvalue weighted by molar-refractivity contribution is 9.10. The lowest BCUT2D eigenvalue weighted by Gasteiger charge is -2.30. The molecule has 0 bridgehead atoms. The number of carboxylic acids is 1. The molecule has 1 unspecified atom stereocenters. The van der Waals surface area contributed by atoms with E-state index < -0.39 is 22.7 Å². The smallest absolute Gasteiger partial charge is 0.308 e. The molecule has 2 rings (SSSR count). The summed E-state index contributed by atoms with van der Waals surface area (Å²) in [6.07, 6.45) is 1.14. The number of nitro benzene ring substituents is 1. The lowest BCUT2D eigenvalue weighted by atomic mass is 9.97. The molecule has 0 spiro atoms. The van der Waals surface area contributed by atoms with Gasteiger partial charge in [0.15, 0.2) is 0 Å². The fourth-order valence-electron chi connectivity index (χ4n) is 2.32. The number of non-ortho nitro benzene ring substituents is 1. The van der Waals surface area contributed by atoms with Crippen molar-refractivity contribution < 1.29 is 19.6 Å². The molecule has 0 radical (unpaired) electrons. The summed E-state index contributed by atoms with van der Waals surface area (Å²) in [6, 6.07) is 3.96. The lowest BCUT2D eigenvalue weighted by Crippen LogP contribution is -2.42. The summed E-state index contributed by atoms with van der Waals surface area (Å²) in [5.74, 6) is -1.90. The Morgan fingerprint density at radius 2 is 2.14 bits per heavy atom. The minimum absolute atomic E-state index is 0.128. The average Bonchev–Trinajstić information content (AvgIpc) is 2.47. The van der Waals surface area contributed by atoms with Crippen LogP contribution in [0.2, 0.25) is 0 Å². The topological polar surface area (TPSA) is 101 Å². The van der Waals surface area contributed by atoms with Gasteiger partial charge in [0.2, 0.25) is 0 Å². The number of hydrogen-bond donors (Lipinski definition) is 1. The summed E-state index contributed by atoms with van der Waals surface area (Å²) in [7, 11) is 0. The van der Waals surface area contributed by atoms with Crippen molar-refractivity contribution in [3.8, 4) is 0 Å². The molecule has 1 heterocycles. The fraction of sp³-hybridized carbons (Fsp3) is 0.385. The number of aliphatic carboxylic acids is 1. The second-order valence-corrected chi connectivity index (χ2v) is 5.70. The van der Waals surface area contributed by atoms with Crippen LogP contribution >= 0.6 is 15.9 Å². The van der Waals surface area contributed by atoms with Crippen LogP contribution in [0.4, 0.5) is 5.69 Å². The number of amides is 1. The van der Waals surface area contributed by atoms with Crippen molar-refractivity contribution in [1.82, 2.24) is 4.90 Å². The number of hydrogen-bond acceptors (Lipinski definition) is 4. The zero-order valence-electron chi connectivity index (χ0n) is 11.0. The molecule has 1 N–H and O–H groups in total. The zero-order chi connectivity index (χ0) is 15.6. The van der Waals surface area contributed by atoms with Gasteiger partial charge >= 0.3 is 5.97 Å². The normalized spacial score (nSPS) is 18.3. The van der Waals surface area contributed by atoms with Gasteiger partial charge in [0.05, 0.1) is 16.4 Å². The van der Waals surface area contributed by atoms with Gasteiger partial charge < -0.3 is 10.0 Å². The van der Waals surface area contributed by atoms with Gasteiger partial charge in [-0.1, -0.05) is 0 Å². The molecule has 8 heteroatoms. The second kappa shape index (κ2) is 6.21. The van der Waals surface area contributed by atoms with Crippen LogP contribution in [0.25, 0.3) is 0 Å². The van der Waals surface area contributed by atoms with E-state index in [1.807, 2.05) is 0 Å². The Labute approximate surface area is 128 Å². The number of nitrogens with zero attached hydrogens (tertiary/aromatic N) is 2. The van der Waals surface area contributed by atoms with E-state index in [0.29, 0.717) is 23.9 Å². The van der Waals surface area contributed by atoms with Crippen LogP contribution in [0.3, 0.4) is 0 Å². The highest BCUT2D eigenvalue weighted by atomic mass is 79.9. The Morgan fingerprint density at radius 3 is 2.76 bits per heavy atom. The van der Waals surface area contributed by atoms with E-state index in [1.54, 1.807) is 0 Å². The summed E-state index contributed by atoms with van der Waals surface area (Å²) >= 11 is 3.20. The van der Waals surface area contributed by atoms with Crippen molar-refractivity contribution in [3.05, 3.63) is 38.3 Å². The summed E-state index contributed by atoms with van der Waals surface area (Å²) in [5.41, 5.74) is 0.00332. The van der Waals surface area contributed by atoms with E-state index in [4.69, 9.17) is 5.11 Å². The van der Waals surface area contributed by atoms with Crippen LogP contribution < -0.4 is 0 Å². The van der Waals surface area contributed by atoms with E-state index >= 15 is 0 Å². The van der Waals surface area contributed by atoms with Crippen LogP contribution in [0, 0.1) is 16.0 Å². The Bertz CT molecular complexity index is 604. The molecule has 1 aliphatic rings. The quantitative estimate of drug-likeness (QED) is 0.661. The van der Waals surface area contributed by atoms with Crippen LogP contribution in [0.1, 0.15) is 23.2 Å². The first-order valence-electron chi connectivity index (χ1n) is 6.36. The SMILES string of the molecule is O=C(O)C1CCCN(C(=O)c2cc([N+](=O)[O-])ccc2Br)C1. The number of carboxylic acid groups (broad SMARTS) is 1. The monoisotopic (exact) mass is 356 g/mol. The van der Waals surface area contributed by atoms with Crippen LogP contribution in [0.15, 0.2) is 22.7 Å². The molecular formula is C13H13BrN2O5. The van der Waals surface area contributed by atoms with Gasteiger partial charge in [0.1, 0.15) is 0 Å². The maximum absolute atomic E-state index is 12.4.